The highest BCUT2D eigenvalue weighted by atomic mass is 32.2. The SMILES string of the molecule is CCOC(=O)CC(=O)N(C/C=C/c1cccc(/C(N)=N\O)c1)C1CCN(S(=O)(=O)c2cc(OC)ccc2OC)CC1. The first-order chi connectivity index (χ1) is 19.6. The van der Waals surface area contributed by atoms with Crippen molar-refractivity contribution in [3.63, 3.8) is 0 Å². The van der Waals surface area contributed by atoms with Crippen LogP contribution in [0.3, 0.4) is 0 Å². The number of piperidine rings is 1. The van der Waals surface area contributed by atoms with E-state index in [2.05, 4.69) is 5.16 Å². The van der Waals surface area contributed by atoms with E-state index in [1.165, 1.54) is 24.6 Å². The van der Waals surface area contributed by atoms with Crippen molar-refractivity contribution >= 4 is 33.8 Å². The third kappa shape index (κ3) is 7.98. The Hall–Kier alpha value is -4.10. The Morgan fingerprint density at radius 2 is 1.88 bits per heavy atom. The van der Waals surface area contributed by atoms with E-state index in [0.717, 1.165) is 5.56 Å². The number of sulfonamides is 1. The minimum Gasteiger partial charge on any atom is -0.497 e. The van der Waals surface area contributed by atoms with Crippen LogP contribution in [0.4, 0.5) is 0 Å². The molecule has 3 N–H and O–H groups in total. The van der Waals surface area contributed by atoms with Crippen molar-refractivity contribution < 1.29 is 37.4 Å². The summed E-state index contributed by atoms with van der Waals surface area (Å²) in [5.41, 5.74) is 6.97. The molecule has 0 aromatic heterocycles. The van der Waals surface area contributed by atoms with E-state index < -0.39 is 28.3 Å². The topological polar surface area (TPSA) is 161 Å². The second-order valence-electron chi connectivity index (χ2n) is 9.19. The molecule has 13 heteroatoms. The van der Waals surface area contributed by atoms with Crippen molar-refractivity contribution in [3.8, 4) is 11.5 Å². The van der Waals surface area contributed by atoms with E-state index in [4.69, 9.17) is 25.2 Å². The fourth-order valence-electron chi connectivity index (χ4n) is 4.57. The summed E-state index contributed by atoms with van der Waals surface area (Å²) in [4.78, 5) is 26.8. The van der Waals surface area contributed by atoms with Gasteiger partial charge in [0.05, 0.1) is 20.8 Å². The van der Waals surface area contributed by atoms with Gasteiger partial charge in [-0.1, -0.05) is 35.5 Å². The number of rotatable bonds is 12. The van der Waals surface area contributed by atoms with Crippen LogP contribution in [0.1, 0.15) is 37.3 Å². The van der Waals surface area contributed by atoms with Crippen LogP contribution in [0.5, 0.6) is 11.5 Å². The first-order valence-corrected chi connectivity index (χ1v) is 14.5. The van der Waals surface area contributed by atoms with Crippen molar-refractivity contribution in [2.24, 2.45) is 10.9 Å². The fourth-order valence-corrected chi connectivity index (χ4v) is 6.21. The maximum absolute atomic E-state index is 13.5. The zero-order valence-corrected chi connectivity index (χ0v) is 24.2. The van der Waals surface area contributed by atoms with Crippen LogP contribution in [0, 0.1) is 0 Å². The van der Waals surface area contributed by atoms with Crippen LogP contribution in [-0.2, 0) is 24.3 Å². The van der Waals surface area contributed by atoms with E-state index in [1.54, 1.807) is 54.3 Å². The average Bonchev–Trinajstić information content (AvgIpc) is 2.98. The number of amides is 1. The van der Waals surface area contributed by atoms with Crippen molar-refractivity contribution in [3.05, 3.63) is 59.7 Å². The summed E-state index contributed by atoms with van der Waals surface area (Å²) < 4.78 is 43.8. The summed E-state index contributed by atoms with van der Waals surface area (Å²) in [5, 5.41) is 11.9. The number of ether oxygens (including phenoxy) is 3. The lowest BCUT2D eigenvalue weighted by Gasteiger charge is -2.37. The minimum absolute atomic E-state index is 0.00471. The molecule has 1 aliphatic rings. The number of carbonyl (C=O) groups excluding carboxylic acids is 2. The Morgan fingerprint density at radius 1 is 1.15 bits per heavy atom. The molecule has 0 unspecified atom stereocenters. The third-order valence-electron chi connectivity index (χ3n) is 6.68. The highest BCUT2D eigenvalue weighted by Crippen LogP contribution is 2.32. The number of benzene rings is 2. The van der Waals surface area contributed by atoms with Crippen molar-refractivity contribution in [2.75, 3.05) is 40.5 Å². The number of oxime groups is 1. The second kappa shape index (κ2) is 14.5. The van der Waals surface area contributed by atoms with Gasteiger partial charge in [-0.05, 0) is 43.5 Å². The number of methoxy groups -OCH3 is 2. The lowest BCUT2D eigenvalue weighted by atomic mass is 10.0. The molecule has 12 nitrogen and oxygen atoms in total. The molecule has 41 heavy (non-hydrogen) atoms. The molecule has 1 amide bonds. The summed E-state index contributed by atoms with van der Waals surface area (Å²) in [6, 6.07) is 11.3. The van der Waals surface area contributed by atoms with Gasteiger partial charge < -0.3 is 30.1 Å². The monoisotopic (exact) mass is 588 g/mol. The Balaban J connectivity index is 1.78. The van der Waals surface area contributed by atoms with Gasteiger partial charge in [-0.15, -0.1) is 0 Å². The van der Waals surface area contributed by atoms with Gasteiger partial charge in [-0.3, -0.25) is 9.59 Å². The maximum atomic E-state index is 13.5. The van der Waals surface area contributed by atoms with E-state index >= 15 is 0 Å². The minimum atomic E-state index is -3.90. The Morgan fingerprint density at radius 3 is 2.51 bits per heavy atom. The second-order valence-corrected chi connectivity index (χ2v) is 11.1. The number of esters is 1. The molecule has 1 aliphatic heterocycles. The molecule has 222 valence electrons. The standard InChI is InChI=1S/C28H36N4O8S/c1-4-40-27(34)19-26(33)32(14-6-8-20-7-5-9-21(17-20)28(29)30-35)22-12-15-31(16-13-22)41(36,37)25-18-23(38-2)10-11-24(25)39-3/h5-11,17-18,22,35H,4,12-16,19H2,1-3H3,(H2,29,30)/b8-6+. The number of nitrogens with two attached hydrogens (primary N) is 1. The molecule has 0 saturated carbocycles. The highest BCUT2D eigenvalue weighted by Gasteiger charge is 2.35. The molecule has 1 heterocycles. The number of nitrogens with zero attached hydrogens (tertiary/aromatic N) is 3. The molecular weight excluding hydrogens is 552 g/mol. The van der Waals surface area contributed by atoms with Gasteiger partial charge in [-0.25, -0.2) is 8.42 Å². The van der Waals surface area contributed by atoms with Gasteiger partial charge in [-0.2, -0.15) is 4.31 Å². The zero-order chi connectivity index (χ0) is 30.0. The molecule has 2 aromatic rings. The number of hydrogen-bond donors (Lipinski definition) is 2. The fraction of sp³-hybridized carbons (Fsp3) is 0.393. The summed E-state index contributed by atoms with van der Waals surface area (Å²) >= 11 is 0. The van der Waals surface area contributed by atoms with Gasteiger partial charge in [0, 0.05) is 37.3 Å². The average molecular weight is 589 g/mol. The predicted octanol–water partition coefficient (Wildman–Crippen LogP) is 2.45. The number of carbonyl (C=O) groups is 2. The van der Waals surface area contributed by atoms with Crippen LogP contribution >= 0.6 is 0 Å². The van der Waals surface area contributed by atoms with Gasteiger partial charge in [0.2, 0.25) is 15.9 Å². The summed E-state index contributed by atoms with van der Waals surface area (Å²) in [6.07, 6.45) is 3.88. The Bertz CT molecular complexity index is 1390. The normalized spacial score (nSPS) is 15.0. The molecule has 0 radical (unpaired) electrons. The summed E-state index contributed by atoms with van der Waals surface area (Å²) in [7, 11) is -1.04. The van der Waals surface area contributed by atoms with Crippen LogP contribution in [0.25, 0.3) is 6.08 Å². The van der Waals surface area contributed by atoms with Crippen LogP contribution in [-0.4, -0.2) is 87.0 Å². The molecule has 0 spiro atoms. The molecule has 1 saturated heterocycles. The van der Waals surface area contributed by atoms with Crippen molar-refractivity contribution in [1.82, 2.24) is 9.21 Å². The van der Waals surface area contributed by atoms with E-state index in [0.29, 0.717) is 24.2 Å². The lowest BCUT2D eigenvalue weighted by Crippen LogP contribution is -2.49. The Kier molecular flexibility index (Phi) is 11.1. The molecule has 2 aromatic carbocycles. The van der Waals surface area contributed by atoms with Crippen LogP contribution in [0.2, 0.25) is 0 Å². The first-order valence-electron chi connectivity index (χ1n) is 13.1. The molecule has 0 atom stereocenters. The van der Waals surface area contributed by atoms with Crippen molar-refractivity contribution in [1.29, 1.82) is 0 Å². The van der Waals surface area contributed by atoms with Crippen molar-refractivity contribution in [2.45, 2.75) is 37.1 Å². The van der Waals surface area contributed by atoms with E-state index in [9.17, 15) is 18.0 Å². The predicted molar refractivity (Wildman–Crippen MR) is 152 cm³/mol. The quantitative estimate of drug-likeness (QED) is 0.0947. The molecule has 0 bridgehead atoms. The number of amidine groups is 1. The van der Waals surface area contributed by atoms with Gasteiger partial charge in [0.1, 0.15) is 22.8 Å². The molecule has 3 rings (SSSR count). The van der Waals surface area contributed by atoms with Gasteiger partial charge in [0.25, 0.3) is 0 Å². The van der Waals surface area contributed by atoms with Crippen LogP contribution in [0.15, 0.2) is 58.6 Å². The third-order valence-corrected chi connectivity index (χ3v) is 8.60. The Labute approximate surface area is 240 Å². The van der Waals surface area contributed by atoms with E-state index in [1.807, 2.05) is 6.07 Å². The zero-order valence-electron chi connectivity index (χ0n) is 23.4. The first kappa shape index (κ1) is 31.4. The molecule has 0 aliphatic carbocycles. The maximum Gasteiger partial charge on any atom is 0.315 e. The van der Waals surface area contributed by atoms with Gasteiger partial charge >= 0.3 is 5.97 Å². The lowest BCUT2D eigenvalue weighted by molar-refractivity contribution is -0.149. The smallest absolute Gasteiger partial charge is 0.315 e. The largest absolute Gasteiger partial charge is 0.497 e. The van der Waals surface area contributed by atoms with E-state index in [-0.39, 0.29) is 48.8 Å². The van der Waals surface area contributed by atoms with Gasteiger partial charge in [0.15, 0.2) is 5.84 Å². The number of hydrogen-bond acceptors (Lipinski definition) is 9. The summed E-state index contributed by atoms with van der Waals surface area (Å²) in [6.45, 7) is 2.35. The highest BCUT2D eigenvalue weighted by molar-refractivity contribution is 7.89. The summed E-state index contributed by atoms with van der Waals surface area (Å²) in [5.74, 6) is -0.462. The molecule has 1 fully saturated rings. The molecular formula is C28H36N4O8S. The van der Waals surface area contributed by atoms with Crippen LogP contribution < -0.4 is 15.2 Å².